The lowest BCUT2D eigenvalue weighted by Crippen LogP contribution is -2.31. The molecular formula is C13H17N3OS. The van der Waals surface area contributed by atoms with Gasteiger partial charge in [0.05, 0.1) is 16.8 Å². The second-order valence-electron chi connectivity index (χ2n) is 4.51. The van der Waals surface area contributed by atoms with E-state index in [0.29, 0.717) is 13.0 Å². The van der Waals surface area contributed by atoms with Gasteiger partial charge in [-0.3, -0.25) is 4.79 Å². The van der Waals surface area contributed by atoms with Crippen LogP contribution in [0.2, 0.25) is 0 Å². The Morgan fingerprint density at radius 3 is 2.89 bits per heavy atom. The maximum Gasteiger partial charge on any atom is 0.224 e. The molecule has 1 atom stereocenters. The zero-order chi connectivity index (χ0) is 13.1. The second-order valence-corrected chi connectivity index (χ2v) is 5.62. The number of rotatable bonds is 4. The summed E-state index contributed by atoms with van der Waals surface area (Å²) in [6.45, 7) is 2.38. The van der Waals surface area contributed by atoms with E-state index < -0.39 is 0 Å². The highest BCUT2D eigenvalue weighted by Crippen LogP contribution is 2.22. The van der Waals surface area contributed by atoms with Crippen molar-refractivity contribution in [3.05, 3.63) is 29.3 Å². The van der Waals surface area contributed by atoms with E-state index in [2.05, 4.69) is 4.98 Å². The number of benzene rings is 1. The van der Waals surface area contributed by atoms with Gasteiger partial charge in [-0.05, 0) is 19.1 Å². The maximum atomic E-state index is 11.8. The van der Waals surface area contributed by atoms with Crippen molar-refractivity contribution in [1.82, 2.24) is 9.88 Å². The van der Waals surface area contributed by atoms with Crippen LogP contribution in [0.1, 0.15) is 18.4 Å². The molecule has 0 aliphatic rings. The van der Waals surface area contributed by atoms with E-state index in [1.807, 2.05) is 31.2 Å². The Bertz CT molecular complexity index is 517. The minimum Gasteiger partial charge on any atom is -0.339 e. The van der Waals surface area contributed by atoms with Crippen LogP contribution in [0.5, 0.6) is 0 Å². The zero-order valence-corrected chi connectivity index (χ0v) is 11.4. The van der Waals surface area contributed by atoms with Gasteiger partial charge in [0, 0.05) is 19.5 Å². The van der Waals surface area contributed by atoms with E-state index >= 15 is 0 Å². The fraction of sp³-hybridized carbons (Fsp3) is 0.385. The standard InChI is InChI=1S/C13H17N3OS/c1-9(14)7-13(17)16(2)8-12-15-10-5-3-4-6-11(10)18-12/h3-6,9H,7-8,14H2,1-2H3. The number of hydrogen-bond acceptors (Lipinski definition) is 4. The number of hydrogen-bond donors (Lipinski definition) is 1. The zero-order valence-electron chi connectivity index (χ0n) is 10.6. The summed E-state index contributed by atoms with van der Waals surface area (Å²) in [5, 5.41) is 0.955. The van der Waals surface area contributed by atoms with Crippen LogP contribution in [0, 0.1) is 0 Å². The molecule has 0 aliphatic heterocycles. The summed E-state index contributed by atoms with van der Waals surface area (Å²) >= 11 is 1.63. The van der Waals surface area contributed by atoms with E-state index in [1.165, 1.54) is 0 Å². The van der Waals surface area contributed by atoms with E-state index in [9.17, 15) is 4.79 Å². The summed E-state index contributed by atoms with van der Waals surface area (Å²) in [7, 11) is 1.79. The highest BCUT2D eigenvalue weighted by atomic mass is 32.1. The number of aromatic nitrogens is 1. The summed E-state index contributed by atoms with van der Waals surface area (Å²) in [5.41, 5.74) is 6.62. The number of nitrogens with zero attached hydrogens (tertiary/aromatic N) is 2. The van der Waals surface area contributed by atoms with Crippen LogP contribution in [0.3, 0.4) is 0 Å². The van der Waals surface area contributed by atoms with E-state index in [-0.39, 0.29) is 11.9 Å². The van der Waals surface area contributed by atoms with Gasteiger partial charge in [0.15, 0.2) is 0 Å². The highest BCUT2D eigenvalue weighted by molar-refractivity contribution is 7.18. The van der Waals surface area contributed by atoms with Gasteiger partial charge in [-0.25, -0.2) is 4.98 Å². The van der Waals surface area contributed by atoms with Crippen molar-refractivity contribution in [3.63, 3.8) is 0 Å². The lowest BCUT2D eigenvalue weighted by molar-refractivity contribution is -0.130. The Kier molecular flexibility index (Phi) is 3.93. The van der Waals surface area contributed by atoms with Gasteiger partial charge in [-0.1, -0.05) is 12.1 Å². The van der Waals surface area contributed by atoms with Crippen LogP contribution >= 0.6 is 11.3 Å². The first-order valence-electron chi connectivity index (χ1n) is 5.90. The van der Waals surface area contributed by atoms with E-state index in [1.54, 1.807) is 23.3 Å². The summed E-state index contributed by atoms with van der Waals surface area (Å²) < 4.78 is 1.15. The number of thiazole rings is 1. The predicted molar refractivity (Wildman–Crippen MR) is 74.4 cm³/mol. The molecule has 0 saturated carbocycles. The number of carbonyl (C=O) groups excluding carboxylic acids is 1. The molecule has 1 amide bonds. The van der Waals surface area contributed by atoms with Crippen molar-refractivity contribution in [2.75, 3.05) is 7.05 Å². The highest BCUT2D eigenvalue weighted by Gasteiger charge is 2.13. The van der Waals surface area contributed by atoms with Crippen molar-refractivity contribution in [3.8, 4) is 0 Å². The van der Waals surface area contributed by atoms with Crippen molar-refractivity contribution in [2.45, 2.75) is 25.9 Å². The molecule has 4 nitrogen and oxygen atoms in total. The quantitative estimate of drug-likeness (QED) is 0.917. The fourth-order valence-corrected chi connectivity index (χ4v) is 2.73. The fourth-order valence-electron chi connectivity index (χ4n) is 1.71. The molecule has 96 valence electrons. The largest absolute Gasteiger partial charge is 0.339 e. The Morgan fingerprint density at radius 1 is 1.50 bits per heavy atom. The van der Waals surface area contributed by atoms with Gasteiger partial charge in [0.25, 0.3) is 0 Å². The average molecular weight is 263 g/mol. The minimum atomic E-state index is -0.102. The van der Waals surface area contributed by atoms with Crippen LogP contribution < -0.4 is 5.73 Å². The first-order valence-corrected chi connectivity index (χ1v) is 6.72. The molecule has 0 fully saturated rings. The molecule has 0 bridgehead atoms. The molecule has 0 saturated heterocycles. The number of para-hydroxylation sites is 1. The molecule has 5 heteroatoms. The summed E-state index contributed by atoms with van der Waals surface area (Å²) in [5.74, 6) is 0.0595. The Morgan fingerprint density at radius 2 is 2.22 bits per heavy atom. The van der Waals surface area contributed by atoms with Gasteiger partial charge in [0.1, 0.15) is 5.01 Å². The smallest absolute Gasteiger partial charge is 0.224 e. The third-order valence-electron chi connectivity index (χ3n) is 2.63. The van der Waals surface area contributed by atoms with Gasteiger partial charge in [-0.15, -0.1) is 11.3 Å². The van der Waals surface area contributed by atoms with Crippen molar-refractivity contribution >= 4 is 27.5 Å². The molecule has 2 N–H and O–H groups in total. The minimum absolute atomic E-state index is 0.0595. The van der Waals surface area contributed by atoms with Crippen LogP contribution in [-0.2, 0) is 11.3 Å². The number of fused-ring (bicyclic) bond motifs is 1. The van der Waals surface area contributed by atoms with Gasteiger partial charge in [0.2, 0.25) is 5.91 Å². The second kappa shape index (κ2) is 5.46. The lowest BCUT2D eigenvalue weighted by atomic mass is 10.2. The van der Waals surface area contributed by atoms with Crippen LogP contribution in [0.4, 0.5) is 0 Å². The third-order valence-corrected chi connectivity index (χ3v) is 3.65. The average Bonchev–Trinajstić information content (AvgIpc) is 2.69. The molecule has 1 unspecified atom stereocenters. The molecule has 0 radical (unpaired) electrons. The summed E-state index contributed by atoms with van der Waals surface area (Å²) in [6.07, 6.45) is 0.376. The lowest BCUT2D eigenvalue weighted by Gasteiger charge is -2.16. The molecular weight excluding hydrogens is 246 g/mol. The van der Waals surface area contributed by atoms with E-state index in [0.717, 1.165) is 15.2 Å². The monoisotopic (exact) mass is 263 g/mol. The summed E-state index contributed by atoms with van der Waals surface area (Å²) in [4.78, 5) is 18.0. The Balaban J connectivity index is 2.06. The normalized spacial score (nSPS) is 12.6. The van der Waals surface area contributed by atoms with Crippen molar-refractivity contribution in [1.29, 1.82) is 0 Å². The number of nitrogens with two attached hydrogens (primary N) is 1. The van der Waals surface area contributed by atoms with Crippen LogP contribution in [0.25, 0.3) is 10.2 Å². The number of carbonyl (C=O) groups is 1. The third kappa shape index (κ3) is 3.05. The first kappa shape index (κ1) is 13.0. The molecule has 1 aromatic carbocycles. The van der Waals surface area contributed by atoms with Crippen LogP contribution in [0.15, 0.2) is 24.3 Å². The van der Waals surface area contributed by atoms with E-state index in [4.69, 9.17) is 5.73 Å². The van der Waals surface area contributed by atoms with Crippen LogP contribution in [-0.4, -0.2) is 28.9 Å². The SMILES string of the molecule is CC(N)CC(=O)N(C)Cc1nc2ccccc2s1. The molecule has 1 aromatic heterocycles. The Labute approximate surface area is 110 Å². The molecule has 0 aliphatic carbocycles. The molecule has 2 rings (SSSR count). The summed E-state index contributed by atoms with van der Waals surface area (Å²) in [6, 6.07) is 7.89. The number of amides is 1. The molecule has 1 heterocycles. The van der Waals surface area contributed by atoms with Gasteiger partial charge in [-0.2, -0.15) is 0 Å². The topological polar surface area (TPSA) is 59.2 Å². The predicted octanol–water partition coefficient (Wildman–Crippen LogP) is 1.99. The van der Waals surface area contributed by atoms with Crippen molar-refractivity contribution in [2.24, 2.45) is 5.73 Å². The first-order chi connectivity index (χ1) is 8.56. The molecule has 2 aromatic rings. The van der Waals surface area contributed by atoms with Crippen molar-refractivity contribution < 1.29 is 4.79 Å². The molecule has 0 spiro atoms. The molecule has 18 heavy (non-hydrogen) atoms. The van der Waals surface area contributed by atoms with Gasteiger partial charge < -0.3 is 10.6 Å². The Hall–Kier alpha value is -1.46. The van der Waals surface area contributed by atoms with Gasteiger partial charge >= 0.3 is 0 Å². The maximum absolute atomic E-state index is 11.8.